The van der Waals surface area contributed by atoms with Crippen LogP contribution in [0.1, 0.15) is 36.2 Å². The van der Waals surface area contributed by atoms with Gasteiger partial charge in [0.2, 0.25) is 0 Å². The van der Waals surface area contributed by atoms with Gasteiger partial charge in [0, 0.05) is 13.1 Å². The summed E-state index contributed by atoms with van der Waals surface area (Å²) in [5, 5.41) is 5.21. The largest absolute Gasteiger partial charge is 0.418 e. The summed E-state index contributed by atoms with van der Waals surface area (Å²) in [4.78, 5) is 11.8. The zero-order valence-electron chi connectivity index (χ0n) is 10.9. The fourth-order valence-corrected chi connectivity index (χ4v) is 1.67. The van der Waals surface area contributed by atoms with Crippen LogP contribution in [0.15, 0.2) is 18.2 Å². The van der Waals surface area contributed by atoms with Crippen molar-refractivity contribution in [2.24, 2.45) is 0 Å². The zero-order chi connectivity index (χ0) is 14.5. The third-order valence-corrected chi connectivity index (χ3v) is 2.50. The molecule has 19 heavy (non-hydrogen) atoms. The van der Waals surface area contributed by atoms with Gasteiger partial charge in [0.1, 0.15) is 0 Å². The number of carbonyl (C=O) groups excluding carboxylic acids is 1. The molecule has 0 aliphatic carbocycles. The molecule has 2 N–H and O–H groups in total. The molecular formula is C13H17F3N2O. The molecule has 0 radical (unpaired) electrons. The van der Waals surface area contributed by atoms with Crippen molar-refractivity contribution in [3.05, 3.63) is 29.3 Å². The van der Waals surface area contributed by atoms with Gasteiger partial charge in [-0.1, -0.05) is 13.0 Å². The Morgan fingerprint density at radius 3 is 2.47 bits per heavy atom. The van der Waals surface area contributed by atoms with Crippen molar-refractivity contribution >= 4 is 11.6 Å². The van der Waals surface area contributed by atoms with Crippen LogP contribution in [0, 0.1) is 0 Å². The summed E-state index contributed by atoms with van der Waals surface area (Å²) in [6.07, 6.45) is -3.82. The van der Waals surface area contributed by atoms with Crippen molar-refractivity contribution in [3.63, 3.8) is 0 Å². The van der Waals surface area contributed by atoms with Crippen molar-refractivity contribution < 1.29 is 18.0 Å². The maximum atomic E-state index is 12.9. The van der Waals surface area contributed by atoms with E-state index in [4.69, 9.17) is 0 Å². The lowest BCUT2D eigenvalue weighted by Gasteiger charge is -2.17. The van der Waals surface area contributed by atoms with E-state index in [9.17, 15) is 18.0 Å². The molecule has 106 valence electrons. The number of rotatable bonds is 5. The van der Waals surface area contributed by atoms with Crippen molar-refractivity contribution in [3.8, 4) is 0 Å². The molecule has 1 amide bonds. The van der Waals surface area contributed by atoms with Gasteiger partial charge in [-0.05, 0) is 25.5 Å². The maximum absolute atomic E-state index is 12.9. The Labute approximate surface area is 110 Å². The predicted molar refractivity (Wildman–Crippen MR) is 68.2 cm³/mol. The fourth-order valence-electron chi connectivity index (χ4n) is 1.67. The Morgan fingerprint density at radius 2 is 1.95 bits per heavy atom. The van der Waals surface area contributed by atoms with Crippen LogP contribution >= 0.6 is 0 Å². The summed E-state index contributed by atoms with van der Waals surface area (Å²) in [6.45, 7) is 4.29. The Bertz CT molecular complexity index is 444. The lowest BCUT2D eigenvalue weighted by Crippen LogP contribution is -2.25. The SMILES string of the molecule is CCCNc1c(C(=O)NCC)cccc1C(F)(F)F. The number of carbonyl (C=O) groups is 1. The second kappa shape index (κ2) is 6.45. The van der Waals surface area contributed by atoms with E-state index in [1.165, 1.54) is 12.1 Å². The number of halogens is 3. The van der Waals surface area contributed by atoms with E-state index in [1.54, 1.807) is 6.92 Å². The number of alkyl halides is 3. The number of amides is 1. The van der Waals surface area contributed by atoms with Crippen LogP contribution in [0.4, 0.5) is 18.9 Å². The molecule has 6 heteroatoms. The fraction of sp³-hybridized carbons (Fsp3) is 0.462. The molecule has 0 fully saturated rings. The minimum atomic E-state index is -4.49. The molecule has 0 aliphatic rings. The van der Waals surface area contributed by atoms with Gasteiger partial charge in [-0.15, -0.1) is 0 Å². The first-order valence-electron chi connectivity index (χ1n) is 6.14. The van der Waals surface area contributed by atoms with Crippen molar-refractivity contribution in [1.29, 1.82) is 0 Å². The van der Waals surface area contributed by atoms with Gasteiger partial charge in [-0.2, -0.15) is 13.2 Å². The van der Waals surface area contributed by atoms with E-state index in [-0.39, 0.29) is 11.3 Å². The van der Waals surface area contributed by atoms with Gasteiger partial charge in [0.05, 0.1) is 16.8 Å². The van der Waals surface area contributed by atoms with Gasteiger partial charge >= 0.3 is 6.18 Å². The van der Waals surface area contributed by atoms with Crippen molar-refractivity contribution in [2.75, 3.05) is 18.4 Å². The van der Waals surface area contributed by atoms with Gasteiger partial charge in [-0.3, -0.25) is 4.79 Å². The van der Waals surface area contributed by atoms with Crippen LogP contribution in [0.3, 0.4) is 0 Å². The summed E-state index contributed by atoms with van der Waals surface area (Å²) in [7, 11) is 0. The number of para-hydroxylation sites is 1. The topological polar surface area (TPSA) is 41.1 Å². The van der Waals surface area contributed by atoms with E-state index in [0.29, 0.717) is 19.5 Å². The predicted octanol–water partition coefficient (Wildman–Crippen LogP) is 3.28. The molecule has 1 aromatic rings. The Hall–Kier alpha value is -1.72. The Morgan fingerprint density at radius 1 is 1.26 bits per heavy atom. The molecule has 0 aromatic heterocycles. The van der Waals surface area contributed by atoms with Gasteiger partial charge in [-0.25, -0.2) is 0 Å². The van der Waals surface area contributed by atoms with Crippen LogP contribution in [0.2, 0.25) is 0 Å². The first-order chi connectivity index (χ1) is 8.91. The third kappa shape index (κ3) is 3.87. The van der Waals surface area contributed by atoms with E-state index in [2.05, 4.69) is 10.6 Å². The van der Waals surface area contributed by atoms with Crippen LogP contribution in [-0.4, -0.2) is 19.0 Å². The standard InChI is InChI=1S/C13H17F3N2O/c1-3-8-18-11-9(12(19)17-4-2)6-5-7-10(11)13(14,15)16/h5-7,18H,3-4,8H2,1-2H3,(H,17,19). The molecule has 3 nitrogen and oxygen atoms in total. The summed E-state index contributed by atoms with van der Waals surface area (Å²) in [5.41, 5.74) is -0.947. The first kappa shape index (κ1) is 15.3. The highest BCUT2D eigenvalue weighted by Crippen LogP contribution is 2.36. The van der Waals surface area contributed by atoms with Crippen LogP contribution in [0.25, 0.3) is 0 Å². The molecular weight excluding hydrogens is 257 g/mol. The highest BCUT2D eigenvalue weighted by Gasteiger charge is 2.35. The molecule has 0 aliphatic heterocycles. The number of nitrogens with one attached hydrogen (secondary N) is 2. The van der Waals surface area contributed by atoms with Gasteiger partial charge in [0.15, 0.2) is 0 Å². The molecule has 0 heterocycles. The van der Waals surface area contributed by atoms with Crippen LogP contribution < -0.4 is 10.6 Å². The summed E-state index contributed by atoms with van der Waals surface area (Å²) in [6, 6.07) is 3.60. The number of hydrogen-bond acceptors (Lipinski definition) is 2. The minimum absolute atomic E-state index is 0.0186. The number of hydrogen-bond donors (Lipinski definition) is 2. The lowest BCUT2D eigenvalue weighted by molar-refractivity contribution is -0.137. The highest BCUT2D eigenvalue weighted by molar-refractivity contribution is 6.00. The second-order valence-corrected chi connectivity index (χ2v) is 4.01. The monoisotopic (exact) mass is 274 g/mol. The number of benzene rings is 1. The quantitative estimate of drug-likeness (QED) is 0.865. The molecule has 1 rings (SSSR count). The Kier molecular flexibility index (Phi) is 5.20. The van der Waals surface area contributed by atoms with E-state index >= 15 is 0 Å². The maximum Gasteiger partial charge on any atom is 0.418 e. The Balaban J connectivity index is 3.26. The minimum Gasteiger partial charge on any atom is -0.384 e. The van der Waals surface area contributed by atoms with E-state index in [1.807, 2.05) is 6.92 Å². The zero-order valence-corrected chi connectivity index (χ0v) is 10.9. The average Bonchev–Trinajstić information content (AvgIpc) is 2.35. The molecule has 0 spiro atoms. The summed E-state index contributed by atoms with van der Waals surface area (Å²) >= 11 is 0. The van der Waals surface area contributed by atoms with E-state index < -0.39 is 17.6 Å². The average molecular weight is 274 g/mol. The number of anilines is 1. The molecule has 0 atom stereocenters. The molecule has 0 bridgehead atoms. The summed E-state index contributed by atoms with van der Waals surface area (Å²) in [5.74, 6) is -0.507. The molecule has 0 saturated heterocycles. The second-order valence-electron chi connectivity index (χ2n) is 4.01. The normalized spacial score (nSPS) is 11.2. The molecule has 0 saturated carbocycles. The van der Waals surface area contributed by atoms with Crippen molar-refractivity contribution in [2.45, 2.75) is 26.4 Å². The van der Waals surface area contributed by atoms with Gasteiger partial charge < -0.3 is 10.6 Å². The van der Waals surface area contributed by atoms with Crippen LogP contribution in [0.5, 0.6) is 0 Å². The van der Waals surface area contributed by atoms with Crippen molar-refractivity contribution in [1.82, 2.24) is 5.32 Å². The highest BCUT2D eigenvalue weighted by atomic mass is 19.4. The van der Waals surface area contributed by atoms with Crippen LogP contribution in [-0.2, 0) is 6.18 Å². The van der Waals surface area contributed by atoms with E-state index in [0.717, 1.165) is 6.07 Å². The smallest absolute Gasteiger partial charge is 0.384 e. The van der Waals surface area contributed by atoms with Gasteiger partial charge in [0.25, 0.3) is 5.91 Å². The summed E-state index contributed by atoms with van der Waals surface area (Å²) < 4.78 is 38.8. The third-order valence-electron chi connectivity index (χ3n) is 2.50. The molecule has 0 unspecified atom stereocenters. The molecule has 1 aromatic carbocycles. The first-order valence-corrected chi connectivity index (χ1v) is 6.14. The lowest BCUT2D eigenvalue weighted by atomic mass is 10.1.